The fraction of sp³-hybridized carbons (Fsp3) is 0.500. The van der Waals surface area contributed by atoms with Gasteiger partial charge in [-0.25, -0.2) is 0 Å². The molecule has 0 aliphatic rings. The summed E-state index contributed by atoms with van der Waals surface area (Å²) in [5, 5.41) is 0. The number of aryl methyl sites for hydroxylation is 1. The van der Waals surface area contributed by atoms with Crippen LogP contribution in [0.15, 0.2) is 10.5 Å². The summed E-state index contributed by atoms with van der Waals surface area (Å²) in [5.41, 5.74) is 0. The van der Waals surface area contributed by atoms with E-state index in [1.54, 1.807) is 6.07 Å². The fourth-order valence-electron chi connectivity index (χ4n) is 1.07. The number of rotatable bonds is 5. The third kappa shape index (κ3) is 5.18. The first-order valence-corrected chi connectivity index (χ1v) is 6.34. The number of carbonyl (C=O) groups is 1. The highest BCUT2D eigenvalue weighted by molar-refractivity contribution is 9.10. The Balaban J connectivity index is 2.35. The summed E-state index contributed by atoms with van der Waals surface area (Å²) in [6.07, 6.45) is -4.38. The van der Waals surface area contributed by atoms with Crippen molar-refractivity contribution in [2.75, 3.05) is 13.2 Å². The number of ether oxygens (including phenoxy) is 1. The Labute approximate surface area is 109 Å². The van der Waals surface area contributed by atoms with Crippen molar-refractivity contribution < 1.29 is 22.7 Å². The van der Waals surface area contributed by atoms with Gasteiger partial charge in [0, 0.05) is 15.8 Å². The van der Waals surface area contributed by atoms with Crippen molar-refractivity contribution >= 4 is 33.0 Å². The first-order valence-electron chi connectivity index (χ1n) is 4.73. The predicted molar refractivity (Wildman–Crippen MR) is 62.6 cm³/mol. The van der Waals surface area contributed by atoms with Crippen LogP contribution < -0.4 is 0 Å². The lowest BCUT2D eigenvalue weighted by Gasteiger charge is -2.06. The average Bonchev–Trinajstić information content (AvgIpc) is 2.52. The fourth-order valence-corrected chi connectivity index (χ4v) is 2.58. The van der Waals surface area contributed by atoms with Crippen LogP contribution >= 0.6 is 27.3 Å². The highest BCUT2D eigenvalue weighted by atomic mass is 79.9. The lowest BCUT2D eigenvalue weighted by molar-refractivity contribution is -0.173. The largest absolute Gasteiger partial charge is 0.411 e. The molecule has 0 amide bonds. The van der Waals surface area contributed by atoms with Crippen LogP contribution in [0.2, 0.25) is 0 Å². The summed E-state index contributed by atoms with van der Waals surface area (Å²) in [7, 11) is 0. The van der Waals surface area contributed by atoms with Gasteiger partial charge in [0.1, 0.15) is 6.61 Å². The van der Waals surface area contributed by atoms with Crippen molar-refractivity contribution in [3.8, 4) is 0 Å². The van der Waals surface area contributed by atoms with E-state index >= 15 is 0 Å². The normalized spacial score (nSPS) is 11.8. The van der Waals surface area contributed by atoms with Crippen LogP contribution in [0.5, 0.6) is 0 Å². The number of hydrogen-bond donors (Lipinski definition) is 0. The van der Waals surface area contributed by atoms with Crippen LogP contribution in [-0.4, -0.2) is 25.2 Å². The minimum Gasteiger partial charge on any atom is -0.372 e. The Morgan fingerprint density at radius 2 is 2.18 bits per heavy atom. The number of Topliss-reactive ketones (excluding diaryl/α,β-unsaturated/α-hetero) is 1. The van der Waals surface area contributed by atoms with E-state index in [2.05, 4.69) is 20.7 Å². The molecule has 0 aliphatic carbocycles. The Morgan fingerprint density at radius 3 is 2.65 bits per heavy atom. The summed E-state index contributed by atoms with van der Waals surface area (Å²) in [6.45, 7) is 0.325. The summed E-state index contributed by atoms with van der Waals surface area (Å²) < 4.78 is 40.4. The quantitative estimate of drug-likeness (QED) is 0.603. The van der Waals surface area contributed by atoms with Crippen LogP contribution in [0, 0.1) is 6.92 Å². The molecule has 96 valence electrons. The summed E-state index contributed by atoms with van der Waals surface area (Å²) in [4.78, 5) is 13.1. The number of thiophene rings is 1. The number of halogens is 4. The van der Waals surface area contributed by atoms with E-state index in [1.807, 2.05) is 6.92 Å². The molecule has 1 heterocycles. The number of ketones is 1. The molecule has 0 fully saturated rings. The molecule has 0 saturated carbocycles. The molecule has 1 aromatic rings. The number of carbonyl (C=O) groups excluding carboxylic acids is 1. The molecule has 0 aliphatic heterocycles. The van der Waals surface area contributed by atoms with E-state index in [0.29, 0.717) is 4.88 Å². The van der Waals surface area contributed by atoms with Gasteiger partial charge in [0.2, 0.25) is 0 Å². The lowest BCUT2D eigenvalue weighted by atomic mass is 10.2. The third-order valence-corrected chi connectivity index (χ3v) is 4.05. The van der Waals surface area contributed by atoms with Crippen LogP contribution in [0.3, 0.4) is 0 Å². The Bertz CT molecular complexity index is 381. The standard InChI is InChI=1S/C10H10BrF3O2S/c1-6-7(11)4-9(17-6)8(15)2-3-16-5-10(12,13)14/h4H,2-3,5H2,1H3. The van der Waals surface area contributed by atoms with E-state index in [4.69, 9.17) is 0 Å². The molecular formula is C10H10BrF3O2S. The summed E-state index contributed by atoms with van der Waals surface area (Å²) in [5.74, 6) is -0.203. The van der Waals surface area contributed by atoms with Crippen molar-refractivity contribution in [1.29, 1.82) is 0 Å². The molecule has 1 rings (SSSR count). The lowest BCUT2D eigenvalue weighted by Crippen LogP contribution is -2.18. The van der Waals surface area contributed by atoms with E-state index < -0.39 is 12.8 Å². The van der Waals surface area contributed by atoms with Gasteiger partial charge in [0.25, 0.3) is 0 Å². The molecule has 2 nitrogen and oxygen atoms in total. The van der Waals surface area contributed by atoms with Crippen LogP contribution in [0.4, 0.5) is 13.2 Å². The van der Waals surface area contributed by atoms with Crippen LogP contribution in [-0.2, 0) is 4.74 Å². The smallest absolute Gasteiger partial charge is 0.372 e. The van der Waals surface area contributed by atoms with Gasteiger partial charge in [0.05, 0.1) is 11.5 Å². The van der Waals surface area contributed by atoms with Gasteiger partial charge in [0.15, 0.2) is 5.78 Å². The molecule has 0 spiro atoms. The van der Waals surface area contributed by atoms with Gasteiger partial charge in [-0.1, -0.05) is 0 Å². The molecule has 0 unspecified atom stereocenters. The third-order valence-electron chi connectivity index (χ3n) is 1.87. The zero-order valence-corrected chi connectivity index (χ0v) is 11.3. The molecule has 17 heavy (non-hydrogen) atoms. The molecule has 1 aromatic heterocycles. The molecule has 0 atom stereocenters. The maximum Gasteiger partial charge on any atom is 0.411 e. The van der Waals surface area contributed by atoms with Crippen molar-refractivity contribution in [2.45, 2.75) is 19.5 Å². The van der Waals surface area contributed by atoms with E-state index in [9.17, 15) is 18.0 Å². The van der Waals surface area contributed by atoms with E-state index in [0.717, 1.165) is 9.35 Å². The average molecular weight is 331 g/mol. The van der Waals surface area contributed by atoms with Gasteiger partial charge in [-0.15, -0.1) is 11.3 Å². The highest BCUT2D eigenvalue weighted by Gasteiger charge is 2.27. The molecule has 7 heteroatoms. The molecule has 0 saturated heterocycles. The number of alkyl halides is 3. The second-order valence-electron chi connectivity index (χ2n) is 3.36. The SMILES string of the molecule is Cc1sc(C(=O)CCOCC(F)(F)F)cc1Br. The zero-order valence-electron chi connectivity index (χ0n) is 8.94. The topological polar surface area (TPSA) is 26.3 Å². The minimum atomic E-state index is -4.34. The Morgan fingerprint density at radius 1 is 1.53 bits per heavy atom. The van der Waals surface area contributed by atoms with E-state index in [-0.39, 0.29) is 18.8 Å². The Hall–Kier alpha value is -0.400. The van der Waals surface area contributed by atoms with Gasteiger partial charge in [-0.2, -0.15) is 13.2 Å². The minimum absolute atomic E-state index is 0.0392. The van der Waals surface area contributed by atoms with Crippen LogP contribution in [0.1, 0.15) is 21.0 Å². The van der Waals surface area contributed by atoms with Crippen molar-refractivity contribution in [1.82, 2.24) is 0 Å². The zero-order chi connectivity index (χ0) is 13.1. The molecule has 0 bridgehead atoms. The maximum absolute atomic E-state index is 11.7. The van der Waals surface area contributed by atoms with Crippen molar-refractivity contribution in [3.63, 3.8) is 0 Å². The van der Waals surface area contributed by atoms with Crippen molar-refractivity contribution in [2.24, 2.45) is 0 Å². The second kappa shape index (κ2) is 5.97. The summed E-state index contributed by atoms with van der Waals surface area (Å²) >= 11 is 4.58. The van der Waals surface area contributed by atoms with Gasteiger partial charge in [-0.3, -0.25) is 4.79 Å². The number of hydrogen-bond acceptors (Lipinski definition) is 3. The van der Waals surface area contributed by atoms with Crippen LogP contribution in [0.25, 0.3) is 0 Å². The first-order chi connectivity index (χ1) is 7.79. The monoisotopic (exact) mass is 330 g/mol. The van der Waals surface area contributed by atoms with Gasteiger partial charge >= 0.3 is 6.18 Å². The van der Waals surface area contributed by atoms with Gasteiger partial charge < -0.3 is 4.74 Å². The molecular weight excluding hydrogens is 321 g/mol. The van der Waals surface area contributed by atoms with Gasteiger partial charge in [-0.05, 0) is 28.9 Å². The molecule has 0 radical (unpaired) electrons. The van der Waals surface area contributed by atoms with Crippen molar-refractivity contribution in [3.05, 3.63) is 20.3 Å². The highest BCUT2D eigenvalue weighted by Crippen LogP contribution is 2.27. The second-order valence-corrected chi connectivity index (χ2v) is 5.47. The van der Waals surface area contributed by atoms with E-state index in [1.165, 1.54) is 11.3 Å². The Kier molecular flexibility index (Phi) is 5.15. The summed E-state index contributed by atoms with van der Waals surface area (Å²) in [6, 6.07) is 1.67. The molecule has 0 aromatic carbocycles. The maximum atomic E-state index is 11.7. The first kappa shape index (κ1) is 14.7. The molecule has 0 N–H and O–H groups in total. The predicted octanol–water partition coefficient (Wildman–Crippen LogP) is 3.97.